The highest BCUT2D eigenvalue weighted by atomic mass is 19.1. The lowest BCUT2D eigenvalue weighted by atomic mass is 9.96. The van der Waals surface area contributed by atoms with Crippen LogP contribution in [0.5, 0.6) is 0 Å². The SMILES string of the molecule is CCCC1CCC(=O)N(C(F)C(=O)O)CC1. The predicted molar refractivity (Wildman–Crippen MR) is 56.5 cm³/mol. The Hall–Kier alpha value is -1.13. The third kappa shape index (κ3) is 3.18. The van der Waals surface area contributed by atoms with Crippen molar-refractivity contribution in [2.24, 2.45) is 5.92 Å². The molecule has 2 unspecified atom stereocenters. The minimum Gasteiger partial charge on any atom is -0.478 e. The molecule has 0 bridgehead atoms. The fraction of sp³-hybridized carbons (Fsp3) is 0.818. The van der Waals surface area contributed by atoms with Gasteiger partial charge in [0.05, 0.1) is 0 Å². The molecule has 1 fully saturated rings. The molecule has 0 aromatic rings. The summed E-state index contributed by atoms with van der Waals surface area (Å²) >= 11 is 0. The molecule has 1 aliphatic rings. The summed E-state index contributed by atoms with van der Waals surface area (Å²) < 4.78 is 13.3. The molecular formula is C11H18FNO3. The molecule has 1 rings (SSSR count). The van der Waals surface area contributed by atoms with Crippen LogP contribution in [0, 0.1) is 5.92 Å². The molecule has 0 aliphatic carbocycles. The van der Waals surface area contributed by atoms with Crippen molar-refractivity contribution in [3.8, 4) is 0 Å². The largest absolute Gasteiger partial charge is 0.478 e. The third-order valence-electron chi connectivity index (χ3n) is 3.04. The van der Waals surface area contributed by atoms with Crippen LogP contribution in [-0.2, 0) is 9.59 Å². The van der Waals surface area contributed by atoms with E-state index in [1.54, 1.807) is 0 Å². The lowest BCUT2D eigenvalue weighted by molar-refractivity contribution is -0.157. The number of aliphatic carboxylic acids is 1. The summed E-state index contributed by atoms with van der Waals surface area (Å²) in [7, 11) is 0. The molecule has 0 saturated carbocycles. The molecule has 0 aromatic heterocycles. The van der Waals surface area contributed by atoms with Gasteiger partial charge < -0.3 is 10.0 Å². The molecule has 1 heterocycles. The van der Waals surface area contributed by atoms with E-state index in [-0.39, 0.29) is 18.9 Å². The topological polar surface area (TPSA) is 57.6 Å². The van der Waals surface area contributed by atoms with Crippen LogP contribution in [0.15, 0.2) is 0 Å². The van der Waals surface area contributed by atoms with E-state index in [2.05, 4.69) is 6.92 Å². The molecule has 1 amide bonds. The molecule has 4 nitrogen and oxygen atoms in total. The average Bonchev–Trinajstić information content (AvgIpc) is 2.41. The highest BCUT2D eigenvalue weighted by Crippen LogP contribution is 2.23. The van der Waals surface area contributed by atoms with Gasteiger partial charge in [0.2, 0.25) is 5.91 Å². The van der Waals surface area contributed by atoms with E-state index in [0.29, 0.717) is 12.3 Å². The summed E-state index contributed by atoms with van der Waals surface area (Å²) in [5, 5.41) is 8.54. The molecule has 1 aliphatic heterocycles. The van der Waals surface area contributed by atoms with E-state index in [9.17, 15) is 14.0 Å². The van der Waals surface area contributed by atoms with Crippen LogP contribution >= 0.6 is 0 Å². The van der Waals surface area contributed by atoms with Crippen molar-refractivity contribution in [3.63, 3.8) is 0 Å². The number of amides is 1. The lowest BCUT2D eigenvalue weighted by Gasteiger charge is -2.21. The number of carboxylic acid groups (broad SMARTS) is 1. The third-order valence-corrected chi connectivity index (χ3v) is 3.04. The van der Waals surface area contributed by atoms with Gasteiger partial charge >= 0.3 is 5.97 Å². The molecular weight excluding hydrogens is 213 g/mol. The zero-order valence-electron chi connectivity index (χ0n) is 9.49. The maximum absolute atomic E-state index is 13.3. The smallest absolute Gasteiger partial charge is 0.359 e. The summed E-state index contributed by atoms with van der Waals surface area (Å²) in [4.78, 5) is 22.9. The van der Waals surface area contributed by atoms with Crippen molar-refractivity contribution < 1.29 is 19.1 Å². The zero-order valence-corrected chi connectivity index (χ0v) is 9.49. The van der Waals surface area contributed by atoms with Crippen LogP contribution in [0.3, 0.4) is 0 Å². The number of carboxylic acids is 1. The zero-order chi connectivity index (χ0) is 12.1. The first-order valence-electron chi connectivity index (χ1n) is 5.72. The van der Waals surface area contributed by atoms with Crippen molar-refractivity contribution in [2.45, 2.75) is 45.3 Å². The number of carbonyl (C=O) groups is 2. The van der Waals surface area contributed by atoms with Crippen molar-refractivity contribution in [2.75, 3.05) is 6.54 Å². The van der Waals surface area contributed by atoms with Gasteiger partial charge in [0.1, 0.15) is 0 Å². The number of hydrogen-bond acceptors (Lipinski definition) is 2. The van der Waals surface area contributed by atoms with Crippen LogP contribution in [0.25, 0.3) is 0 Å². The van der Waals surface area contributed by atoms with Crippen LogP contribution in [0.4, 0.5) is 4.39 Å². The average molecular weight is 231 g/mol. The van der Waals surface area contributed by atoms with Crippen molar-refractivity contribution in [3.05, 3.63) is 0 Å². The van der Waals surface area contributed by atoms with Gasteiger partial charge in [-0.1, -0.05) is 19.8 Å². The fourth-order valence-corrected chi connectivity index (χ4v) is 2.13. The fourth-order valence-electron chi connectivity index (χ4n) is 2.13. The van der Waals surface area contributed by atoms with E-state index in [1.807, 2.05) is 0 Å². The standard InChI is InChI=1S/C11H18FNO3/c1-2-3-8-4-5-9(14)13(7-6-8)10(12)11(15)16/h8,10H,2-7H2,1H3,(H,15,16). The molecule has 0 spiro atoms. The highest BCUT2D eigenvalue weighted by Gasteiger charge is 2.31. The number of alkyl halides is 1. The van der Waals surface area contributed by atoms with Gasteiger partial charge in [0.15, 0.2) is 0 Å². The molecule has 0 aromatic carbocycles. The van der Waals surface area contributed by atoms with Crippen LogP contribution in [0.1, 0.15) is 39.0 Å². The number of halogens is 1. The Bertz CT molecular complexity index is 270. The molecule has 1 saturated heterocycles. The summed E-state index contributed by atoms with van der Waals surface area (Å²) in [6.07, 6.45) is 1.58. The monoisotopic (exact) mass is 231 g/mol. The number of carbonyl (C=O) groups excluding carboxylic acids is 1. The number of hydrogen-bond donors (Lipinski definition) is 1. The summed E-state index contributed by atoms with van der Waals surface area (Å²) in [6, 6.07) is 0. The van der Waals surface area contributed by atoms with Crippen LogP contribution in [0.2, 0.25) is 0 Å². The number of nitrogens with zero attached hydrogens (tertiary/aromatic N) is 1. The summed E-state index contributed by atoms with van der Waals surface area (Å²) in [5.41, 5.74) is 0. The Labute approximate surface area is 94.4 Å². The van der Waals surface area contributed by atoms with Gasteiger partial charge in [-0.3, -0.25) is 4.79 Å². The van der Waals surface area contributed by atoms with Crippen molar-refractivity contribution >= 4 is 11.9 Å². The second-order valence-corrected chi connectivity index (χ2v) is 4.24. The first-order chi connectivity index (χ1) is 7.56. The van der Waals surface area contributed by atoms with E-state index >= 15 is 0 Å². The number of rotatable bonds is 4. The van der Waals surface area contributed by atoms with Crippen LogP contribution < -0.4 is 0 Å². The Balaban J connectivity index is 2.60. The lowest BCUT2D eigenvalue weighted by Crippen LogP contribution is -2.42. The minimum atomic E-state index is -2.19. The molecule has 16 heavy (non-hydrogen) atoms. The predicted octanol–water partition coefficient (Wildman–Crippen LogP) is 1.80. The highest BCUT2D eigenvalue weighted by molar-refractivity contribution is 5.82. The summed E-state index contributed by atoms with van der Waals surface area (Å²) in [5.74, 6) is -1.55. The van der Waals surface area contributed by atoms with E-state index in [4.69, 9.17) is 5.11 Å². The Morgan fingerprint density at radius 3 is 2.88 bits per heavy atom. The molecule has 1 N–H and O–H groups in total. The summed E-state index contributed by atoms with van der Waals surface area (Å²) in [6.45, 7) is 2.29. The first kappa shape index (κ1) is 12.9. The number of likely N-dealkylation sites (tertiary alicyclic amines) is 1. The Morgan fingerprint density at radius 2 is 2.31 bits per heavy atom. The first-order valence-corrected chi connectivity index (χ1v) is 5.72. The maximum atomic E-state index is 13.3. The minimum absolute atomic E-state index is 0.219. The van der Waals surface area contributed by atoms with Crippen molar-refractivity contribution in [1.82, 2.24) is 4.90 Å². The molecule has 0 radical (unpaired) electrons. The van der Waals surface area contributed by atoms with E-state index in [0.717, 1.165) is 24.2 Å². The van der Waals surface area contributed by atoms with Gasteiger partial charge in [-0.25, -0.2) is 9.18 Å². The second kappa shape index (κ2) is 5.82. The molecule has 2 atom stereocenters. The molecule has 92 valence electrons. The Morgan fingerprint density at radius 1 is 1.62 bits per heavy atom. The van der Waals surface area contributed by atoms with Gasteiger partial charge in [-0.15, -0.1) is 0 Å². The normalized spacial score (nSPS) is 24.0. The Kier molecular flexibility index (Phi) is 4.71. The van der Waals surface area contributed by atoms with Crippen LogP contribution in [-0.4, -0.2) is 34.7 Å². The van der Waals surface area contributed by atoms with Gasteiger partial charge in [0.25, 0.3) is 6.30 Å². The molecule has 5 heteroatoms. The van der Waals surface area contributed by atoms with Crippen molar-refractivity contribution in [1.29, 1.82) is 0 Å². The van der Waals surface area contributed by atoms with E-state index < -0.39 is 12.3 Å². The maximum Gasteiger partial charge on any atom is 0.359 e. The van der Waals surface area contributed by atoms with Gasteiger partial charge in [-0.05, 0) is 18.8 Å². The van der Waals surface area contributed by atoms with Gasteiger partial charge in [-0.2, -0.15) is 0 Å². The second-order valence-electron chi connectivity index (χ2n) is 4.24. The van der Waals surface area contributed by atoms with Gasteiger partial charge in [0, 0.05) is 13.0 Å². The van der Waals surface area contributed by atoms with E-state index in [1.165, 1.54) is 0 Å². The quantitative estimate of drug-likeness (QED) is 0.750.